The van der Waals surface area contributed by atoms with Crippen molar-refractivity contribution in [1.29, 1.82) is 0 Å². The fourth-order valence-electron chi connectivity index (χ4n) is 3.81. The highest BCUT2D eigenvalue weighted by molar-refractivity contribution is 6.40. The van der Waals surface area contributed by atoms with Crippen molar-refractivity contribution in [1.82, 2.24) is 0 Å². The Morgan fingerprint density at radius 1 is 0.828 bits per heavy atom. The summed E-state index contributed by atoms with van der Waals surface area (Å²) in [5, 5.41) is 6.93. The number of nitrogens with zero attached hydrogens (tertiary/aromatic N) is 1. The number of allylic oxidation sites excluding steroid dienone is 1. The molecular weight excluding hydrogens is 382 g/mol. The second-order valence-electron chi connectivity index (χ2n) is 7.03. The summed E-state index contributed by atoms with van der Waals surface area (Å²) >= 11 is 6.10. The third-order valence-electron chi connectivity index (χ3n) is 5.17. The van der Waals surface area contributed by atoms with Gasteiger partial charge in [-0.15, -0.1) is 0 Å². The van der Waals surface area contributed by atoms with Crippen LogP contribution >= 0.6 is 11.6 Å². The molecular formula is C24H18ClN3O. The first kappa shape index (κ1) is 17.7. The van der Waals surface area contributed by atoms with Crippen LogP contribution < -0.4 is 10.6 Å². The van der Waals surface area contributed by atoms with Gasteiger partial charge in [0.25, 0.3) is 5.91 Å². The molecule has 5 rings (SSSR count). The molecule has 2 heterocycles. The van der Waals surface area contributed by atoms with Crippen LogP contribution in [0.5, 0.6) is 0 Å². The zero-order valence-electron chi connectivity index (χ0n) is 15.6. The van der Waals surface area contributed by atoms with Crippen molar-refractivity contribution >= 4 is 40.2 Å². The Labute approximate surface area is 173 Å². The van der Waals surface area contributed by atoms with Crippen molar-refractivity contribution in [2.75, 3.05) is 17.2 Å². The van der Waals surface area contributed by atoms with E-state index < -0.39 is 0 Å². The molecule has 3 aromatic rings. The number of nitrogens with one attached hydrogen (secondary N) is 2. The molecule has 0 fully saturated rings. The molecule has 142 valence electrons. The summed E-state index contributed by atoms with van der Waals surface area (Å²) in [7, 11) is 0. The topological polar surface area (TPSA) is 53.5 Å². The molecule has 4 nitrogen and oxygen atoms in total. The molecule has 0 unspecified atom stereocenters. The summed E-state index contributed by atoms with van der Waals surface area (Å²) in [5.41, 5.74) is 6.95. The van der Waals surface area contributed by atoms with E-state index >= 15 is 0 Å². The average Bonchev–Trinajstić information content (AvgIpc) is 3.25. The van der Waals surface area contributed by atoms with Gasteiger partial charge in [0, 0.05) is 28.4 Å². The normalized spacial score (nSPS) is 18.4. The highest BCUT2D eigenvalue weighted by Crippen LogP contribution is 2.39. The minimum absolute atomic E-state index is 0.145. The molecule has 0 aliphatic carbocycles. The van der Waals surface area contributed by atoms with E-state index in [1.807, 2.05) is 48.5 Å². The maximum Gasteiger partial charge on any atom is 0.258 e. The molecule has 2 aliphatic rings. The average molecular weight is 400 g/mol. The number of carbonyl (C=O) groups is 1. The van der Waals surface area contributed by atoms with Gasteiger partial charge in [-0.2, -0.15) is 0 Å². The van der Waals surface area contributed by atoms with Gasteiger partial charge in [-0.05, 0) is 30.2 Å². The van der Waals surface area contributed by atoms with Gasteiger partial charge in [0.05, 0.1) is 22.7 Å². The van der Waals surface area contributed by atoms with Gasteiger partial charge in [-0.1, -0.05) is 66.2 Å². The number of hydrogen-bond donors (Lipinski definition) is 2. The second-order valence-corrected chi connectivity index (χ2v) is 7.47. The van der Waals surface area contributed by atoms with E-state index in [9.17, 15) is 4.79 Å². The number of hydrogen-bond acceptors (Lipinski definition) is 3. The van der Waals surface area contributed by atoms with Crippen LogP contribution in [0.25, 0.3) is 5.57 Å². The SMILES string of the molecule is O=C1Nc2cc(Cl)ccc2/C1=C1/Nc2ccccc2/C1=N\CCc1ccccc1. The molecule has 0 saturated carbocycles. The molecule has 5 heteroatoms. The molecule has 0 bridgehead atoms. The predicted octanol–water partition coefficient (Wildman–Crippen LogP) is 5.16. The Bertz CT molecular complexity index is 1180. The molecule has 2 N–H and O–H groups in total. The van der Waals surface area contributed by atoms with E-state index in [1.54, 1.807) is 12.1 Å². The van der Waals surface area contributed by atoms with Gasteiger partial charge in [0.15, 0.2) is 0 Å². The molecule has 3 aromatic carbocycles. The fourth-order valence-corrected chi connectivity index (χ4v) is 3.98. The van der Waals surface area contributed by atoms with E-state index in [0.29, 0.717) is 17.1 Å². The molecule has 0 spiro atoms. The largest absolute Gasteiger partial charge is 0.353 e. The number of aliphatic imine (C=N–C) groups is 1. The van der Waals surface area contributed by atoms with Crippen LogP contribution in [0, 0.1) is 0 Å². The lowest BCUT2D eigenvalue weighted by Crippen LogP contribution is -2.13. The summed E-state index contributed by atoms with van der Waals surface area (Å²) in [6, 6.07) is 23.7. The summed E-state index contributed by atoms with van der Waals surface area (Å²) in [4.78, 5) is 17.7. The molecule has 1 amide bonds. The molecule has 0 atom stereocenters. The van der Waals surface area contributed by atoms with Crippen molar-refractivity contribution in [2.24, 2.45) is 4.99 Å². The van der Waals surface area contributed by atoms with Crippen molar-refractivity contribution in [3.63, 3.8) is 0 Å². The first-order valence-corrected chi connectivity index (χ1v) is 9.89. The number of rotatable bonds is 3. The smallest absolute Gasteiger partial charge is 0.258 e. The van der Waals surface area contributed by atoms with E-state index in [4.69, 9.17) is 16.6 Å². The van der Waals surface area contributed by atoms with Crippen LogP contribution in [0.1, 0.15) is 16.7 Å². The van der Waals surface area contributed by atoms with E-state index in [-0.39, 0.29) is 5.91 Å². The van der Waals surface area contributed by atoms with Gasteiger partial charge in [-0.25, -0.2) is 0 Å². The van der Waals surface area contributed by atoms with Crippen LogP contribution in [-0.4, -0.2) is 18.2 Å². The standard InChI is InChI=1S/C24H18ClN3O/c25-16-10-11-17-20(14-16)28-24(29)21(17)23-22(18-8-4-5-9-19(18)27-23)26-13-12-15-6-2-1-3-7-15/h1-11,14,27H,12-13H2,(H,28,29)/b23-21-,26-22+. The minimum atomic E-state index is -0.145. The number of carbonyl (C=O) groups excluding carboxylic acids is 1. The van der Waals surface area contributed by atoms with Crippen LogP contribution in [0.2, 0.25) is 5.02 Å². The Hall–Kier alpha value is -3.37. The summed E-state index contributed by atoms with van der Waals surface area (Å²) in [5.74, 6) is -0.145. The van der Waals surface area contributed by atoms with Crippen molar-refractivity contribution in [3.05, 3.63) is 100 Å². The number of fused-ring (bicyclic) bond motifs is 2. The van der Waals surface area contributed by atoms with E-state index in [0.717, 1.165) is 40.3 Å². The van der Waals surface area contributed by atoms with Crippen LogP contribution in [0.4, 0.5) is 11.4 Å². The van der Waals surface area contributed by atoms with Crippen LogP contribution in [0.3, 0.4) is 0 Å². The molecule has 2 aliphatic heterocycles. The highest BCUT2D eigenvalue weighted by atomic mass is 35.5. The lowest BCUT2D eigenvalue weighted by molar-refractivity contribution is -0.110. The first-order valence-electron chi connectivity index (χ1n) is 9.51. The third kappa shape index (κ3) is 3.22. The van der Waals surface area contributed by atoms with Gasteiger partial charge >= 0.3 is 0 Å². The number of benzene rings is 3. The monoisotopic (exact) mass is 399 g/mol. The van der Waals surface area contributed by atoms with E-state index in [1.165, 1.54) is 5.56 Å². The van der Waals surface area contributed by atoms with Crippen molar-refractivity contribution in [3.8, 4) is 0 Å². The maximum absolute atomic E-state index is 12.8. The number of anilines is 2. The van der Waals surface area contributed by atoms with Crippen LogP contribution in [0.15, 0.2) is 83.5 Å². The molecule has 0 aromatic heterocycles. The lowest BCUT2D eigenvalue weighted by Gasteiger charge is -2.07. The third-order valence-corrected chi connectivity index (χ3v) is 5.40. The number of halogens is 1. The summed E-state index contributed by atoms with van der Waals surface area (Å²) < 4.78 is 0. The van der Waals surface area contributed by atoms with Gasteiger partial charge in [-0.3, -0.25) is 9.79 Å². The number of para-hydroxylation sites is 1. The Kier molecular flexibility index (Phi) is 4.41. The molecule has 0 saturated heterocycles. The second kappa shape index (κ2) is 7.22. The fraction of sp³-hybridized carbons (Fsp3) is 0.0833. The zero-order chi connectivity index (χ0) is 19.8. The van der Waals surface area contributed by atoms with Crippen molar-refractivity contribution in [2.45, 2.75) is 6.42 Å². The Morgan fingerprint density at radius 3 is 2.48 bits per heavy atom. The Morgan fingerprint density at radius 2 is 1.62 bits per heavy atom. The van der Waals surface area contributed by atoms with Crippen molar-refractivity contribution < 1.29 is 4.79 Å². The Balaban J connectivity index is 1.58. The van der Waals surface area contributed by atoms with Crippen LogP contribution in [-0.2, 0) is 11.2 Å². The first-order chi connectivity index (χ1) is 14.2. The lowest BCUT2D eigenvalue weighted by atomic mass is 10.0. The molecule has 29 heavy (non-hydrogen) atoms. The number of amides is 1. The summed E-state index contributed by atoms with van der Waals surface area (Å²) in [6.45, 7) is 0.640. The summed E-state index contributed by atoms with van der Waals surface area (Å²) in [6.07, 6.45) is 0.841. The zero-order valence-corrected chi connectivity index (χ0v) is 16.3. The molecule has 0 radical (unpaired) electrons. The van der Waals surface area contributed by atoms with Gasteiger partial charge < -0.3 is 10.6 Å². The maximum atomic E-state index is 12.8. The minimum Gasteiger partial charge on any atom is -0.353 e. The predicted molar refractivity (Wildman–Crippen MR) is 119 cm³/mol. The van der Waals surface area contributed by atoms with E-state index in [2.05, 4.69) is 22.8 Å². The highest BCUT2D eigenvalue weighted by Gasteiger charge is 2.33. The van der Waals surface area contributed by atoms with Gasteiger partial charge in [0.2, 0.25) is 0 Å². The van der Waals surface area contributed by atoms with Gasteiger partial charge in [0.1, 0.15) is 0 Å². The quantitative estimate of drug-likeness (QED) is 0.597.